The van der Waals surface area contributed by atoms with Crippen LogP contribution in [0.5, 0.6) is 23.1 Å². The van der Waals surface area contributed by atoms with E-state index in [0.29, 0.717) is 36.2 Å². The third kappa shape index (κ3) is 4.26. The fourth-order valence-corrected chi connectivity index (χ4v) is 2.22. The fourth-order valence-electron chi connectivity index (χ4n) is 2.22. The molecule has 1 N–H and O–H groups in total. The van der Waals surface area contributed by atoms with Crippen molar-refractivity contribution < 1.29 is 18.9 Å². The van der Waals surface area contributed by atoms with Crippen molar-refractivity contribution in [3.8, 4) is 23.1 Å². The molecule has 0 aliphatic carbocycles. The van der Waals surface area contributed by atoms with E-state index in [1.807, 2.05) is 24.3 Å². The van der Waals surface area contributed by atoms with E-state index in [0.717, 1.165) is 11.1 Å². The first-order chi connectivity index (χ1) is 11.2. The van der Waals surface area contributed by atoms with Gasteiger partial charge in [0.2, 0.25) is 11.6 Å². The Morgan fingerprint density at radius 2 is 1.48 bits per heavy atom. The highest BCUT2D eigenvalue weighted by atomic mass is 16.5. The van der Waals surface area contributed by atoms with E-state index < -0.39 is 0 Å². The summed E-state index contributed by atoms with van der Waals surface area (Å²) in [6, 6.07) is 7.69. The zero-order chi connectivity index (χ0) is 16.7. The van der Waals surface area contributed by atoms with Gasteiger partial charge in [-0.3, -0.25) is 0 Å². The molecule has 6 heteroatoms. The summed E-state index contributed by atoms with van der Waals surface area (Å²) < 4.78 is 21.1. The zero-order valence-electron chi connectivity index (χ0n) is 13.9. The van der Waals surface area contributed by atoms with Gasteiger partial charge in [0, 0.05) is 25.4 Å². The number of methoxy groups -OCH3 is 4. The minimum absolute atomic E-state index is 0.595. The quantitative estimate of drug-likeness (QED) is 0.806. The number of ether oxygens (including phenoxy) is 4. The molecule has 1 aromatic heterocycles. The molecule has 1 heterocycles. The molecular formula is C17H22N2O4. The number of nitrogens with one attached hydrogen (secondary N) is 1. The van der Waals surface area contributed by atoms with Crippen molar-refractivity contribution in [2.75, 3.05) is 28.4 Å². The van der Waals surface area contributed by atoms with Crippen LogP contribution in [-0.4, -0.2) is 33.4 Å². The molecular weight excluding hydrogens is 296 g/mol. The minimum Gasteiger partial charge on any atom is -0.493 e. The monoisotopic (exact) mass is 318 g/mol. The lowest BCUT2D eigenvalue weighted by molar-refractivity contribution is 0.323. The Balaban J connectivity index is 2.02. The summed E-state index contributed by atoms with van der Waals surface area (Å²) in [5.41, 5.74) is 2.12. The van der Waals surface area contributed by atoms with E-state index in [1.54, 1.807) is 34.6 Å². The van der Waals surface area contributed by atoms with Crippen molar-refractivity contribution in [3.05, 3.63) is 41.6 Å². The summed E-state index contributed by atoms with van der Waals surface area (Å²) >= 11 is 0. The lowest BCUT2D eigenvalue weighted by atomic mass is 10.1. The van der Waals surface area contributed by atoms with E-state index >= 15 is 0 Å². The maximum absolute atomic E-state index is 5.35. The number of hydrogen-bond acceptors (Lipinski definition) is 6. The molecule has 124 valence electrons. The number of rotatable bonds is 8. The molecule has 1 aromatic carbocycles. The molecule has 2 aromatic rings. The molecule has 0 unspecified atom stereocenters. The van der Waals surface area contributed by atoms with Crippen LogP contribution < -0.4 is 24.3 Å². The van der Waals surface area contributed by atoms with Crippen LogP contribution in [0, 0.1) is 0 Å². The van der Waals surface area contributed by atoms with E-state index in [2.05, 4.69) is 10.3 Å². The first-order valence-electron chi connectivity index (χ1n) is 7.20. The molecule has 0 saturated carbocycles. The van der Waals surface area contributed by atoms with Crippen molar-refractivity contribution in [2.45, 2.75) is 13.1 Å². The summed E-state index contributed by atoms with van der Waals surface area (Å²) in [6.45, 7) is 1.37. The second-order valence-electron chi connectivity index (χ2n) is 4.85. The first-order valence-corrected chi connectivity index (χ1v) is 7.20. The molecule has 2 rings (SSSR count). The second kappa shape index (κ2) is 8.24. The van der Waals surface area contributed by atoms with E-state index in [4.69, 9.17) is 18.9 Å². The highest BCUT2D eigenvalue weighted by molar-refractivity contribution is 5.53. The Morgan fingerprint density at radius 3 is 1.96 bits per heavy atom. The number of pyridine rings is 1. The Morgan fingerprint density at radius 1 is 0.826 bits per heavy atom. The third-order valence-electron chi connectivity index (χ3n) is 3.39. The Labute approximate surface area is 136 Å². The highest BCUT2D eigenvalue weighted by Crippen LogP contribution is 2.38. The van der Waals surface area contributed by atoms with Gasteiger partial charge in [0.15, 0.2) is 11.5 Å². The predicted molar refractivity (Wildman–Crippen MR) is 87.4 cm³/mol. The largest absolute Gasteiger partial charge is 0.493 e. The fraction of sp³-hybridized carbons (Fsp3) is 0.353. The molecule has 0 saturated heterocycles. The Bertz CT molecular complexity index is 604. The number of nitrogens with zero attached hydrogens (tertiary/aromatic N) is 1. The van der Waals surface area contributed by atoms with Crippen molar-refractivity contribution in [1.82, 2.24) is 10.3 Å². The average Bonchev–Trinajstić information content (AvgIpc) is 2.61. The van der Waals surface area contributed by atoms with Gasteiger partial charge in [-0.2, -0.15) is 0 Å². The van der Waals surface area contributed by atoms with Crippen LogP contribution in [0.4, 0.5) is 0 Å². The maximum Gasteiger partial charge on any atom is 0.212 e. The summed E-state index contributed by atoms with van der Waals surface area (Å²) in [5, 5.41) is 3.36. The Hall–Kier alpha value is -2.47. The minimum atomic E-state index is 0.595. The normalized spacial score (nSPS) is 10.3. The number of benzene rings is 1. The summed E-state index contributed by atoms with van der Waals surface area (Å²) in [5.74, 6) is 2.50. The van der Waals surface area contributed by atoms with Gasteiger partial charge in [0.1, 0.15) is 0 Å². The van der Waals surface area contributed by atoms with Crippen LogP contribution in [0.15, 0.2) is 30.5 Å². The maximum atomic E-state index is 5.35. The summed E-state index contributed by atoms with van der Waals surface area (Å²) in [4.78, 5) is 4.18. The molecule has 23 heavy (non-hydrogen) atoms. The van der Waals surface area contributed by atoms with Crippen LogP contribution in [0.2, 0.25) is 0 Å². The number of hydrogen-bond donors (Lipinski definition) is 1. The highest BCUT2D eigenvalue weighted by Gasteiger charge is 2.12. The van der Waals surface area contributed by atoms with Gasteiger partial charge < -0.3 is 24.3 Å². The van der Waals surface area contributed by atoms with Crippen LogP contribution in [0.3, 0.4) is 0 Å². The van der Waals surface area contributed by atoms with Crippen LogP contribution >= 0.6 is 0 Å². The lowest BCUT2D eigenvalue weighted by Crippen LogP contribution is -2.13. The molecule has 6 nitrogen and oxygen atoms in total. The third-order valence-corrected chi connectivity index (χ3v) is 3.39. The molecule has 0 aliphatic heterocycles. The van der Waals surface area contributed by atoms with Crippen LogP contribution in [0.1, 0.15) is 11.1 Å². The molecule has 0 amide bonds. The SMILES string of the molecule is COc1ccc(CNCc2cc(OC)c(OC)c(OC)c2)cn1. The smallest absolute Gasteiger partial charge is 0.212 e. The van der Waals surface area contributed by atoms with Gasteiger partial charge in [-0.1, -0.05) is 6.07 Å². The Kier molecular flexibility index (Phi) is 6.05. The standard InChI is InChI=1S/C17H22N2O4/c1-20-14-7-13(8-15(21-2)17(14)23-4)10-18-9-12-5-6-16(22-3)19-11-12/h5-8,11,18H,9-10H2,1-4H3. The van der Waals surface area contributed by atoms with E-state index in [1.165, 1.54) is 0 Å². The van der Waals surface area contributed by atoms with Crippen LogP contribution in [-0.2, 0) is 13.1 Å². The van der Waals surface area contributed by atoms with Crippen molar-refractivity contribution in [1.29, 1.82) is 0 Å². The van der Waals surface area contributed by atoms with Gasteiger partial charge in [-0.25, -0.2) is 4.98 Å². The van der Waals surface area contributed by atoms with Crippen molar-refractivity contribution in [2.24, 2.45) is 0 Å². The second-order valence-corrected chi connectivity index (χ2v) is 4.85. The molecule has 0 atom stereocenters. The topological polar surface area (TPSA) is 61.8 Å². The lowest BCUT2D eigenvalue weighted by Gasteiger charge is -2.14. The van der Waals surface area contributed by atoms with Crippen molar-refractivity contribution >= 4 is 0 Å². The summed E-state index contributed by atoms with van der Waals surface area (Å²) in [6.07, 6.45) is 1.79. The average molecular weight is 318 g/mol. The van der Waals surface area contributed by atoms with Gasteiger partial charge in [0.25, 0.3) is 0 Å². The van der Waals surface area contributed by atoms with Gasteiger partial charge in [-0.15, -0.1) is 0 Å². The molecule has 0 fully saturated rings. The van der Waals surface area contributed by atoms with Crippen molar-refractivity contribution in [3.63, 3.8) is 0 Å². The van der Waals surface area contributed by atoms with Gasteiger partial charge >= 0.3 is 0 Å². The molecule has 0 spiro atoms. The van der Waals surface area contributed by atoms with E-state index in [-0.39, 0.29) is 0 Å². The number of aromatic nitrogens is 1. The van der Waals surface area contributed by atoms with Gasteiger partial charge in [0.05, 0.1) is 28.4 Å². The van der Waals surface area contributed by atoms with Gasteiger partial charge in [-0.05, 0) is 23.3 Å². The van der Waals surface area contributed by atoms with Crippen LogP contribution in [0.25, 0.3) is 0 Å². The predicted octanol–water partition coefficient (Wildman–Crippen LogP) is 2.41. The van der Waals surface area contributed by atoms with E-state index in [9.17, 15) is 0 Å². The zero-order valence-corrected chi connectivity index (χ0v) is 13.9. The first kappa shape index (κ1) is 16.9. The molecule has 0 bridgehead atoms. The summed E-state index contributed by atoms with van der Waals surface area (Å²) in [7, 11) is 6.41. The molecule has 0 aliphatic rings. The molecule has 0 radical (unpaired) electrons.